The molecule has 2 atom stereocenters. The molecule has 1 saturated heterocycles. The minimum Gasteiger partial charge on any atom is -0.493 e. The summed E-state index contributed by atoms with van der Waals surface area (Å²) in [6.07, 6.45) is 6.65. The summed E-state index contributed by atoms with van der Waals surface area (Å²) < 4.78 is 16.8. The van der Waals surface area contributed by atoms with Crippen LogP contribution in [0.2, 0.25) is 0 Å². The molecular formula is C24H41NO3. The SMILES string of the molecule is COc1ccc(CNCC[C@@]2(CCC(C)C)CCO[C@@H](C(C)C)C2)cc1OC. The van der Waals surface area contributed by atoms with Gasteiger partial charge in [0.15, 0.2) is 11.5 Å². The molecule has 1 aliphatic heterocycles. The van der Waals surface area contributed by atoms with E-state index in [2.05, 4.69) is 45.1 Å². The molecule has 0 unspecified atom stereocenters. The second kappa shape index (κ2) is 11.1. The zero-order valence-electron chi connectivity index (χ0n) is 18.8. The zero-order chi connectivity index (χ0) is 20.6. The highest BCUT2D eigenvalue weighted by Crippen LogP contribution is 2.43. The standard InChI is InChI=1S/C24H41NO3/c1-18(2)9-10-24(12-14-28-23(16-24)19(3)4)11-13-25-17-20-7-8-21(26-5)22(15-20)27-6/h7-8,15,18-19,23,25H,9-14,16-17H2,1-6H3/t23-,24+/m1/s1. The molecule has 2 rings (SSSR count). The number of nitrogens with one attached hydrogen (secondary N) is 1. The molecule has 4 heteroatoms. The lowest BCUT2D eigenvalue weighted by molar-refractivity contribution is -0.0761. The van der Waals surface area contributed by atoms with Crippen molar-refractivity contribution in [2.45, 2.75) is 72.4 Å². The van der Waals surface area contributed by atoms with Crippen LogP contribution in [0.1, 0.15) is 65.4 Å². The van der Waals surface area contributed by atoms with Crippen molar-refractivity contribution in [2.75, 3.05) is 27.4 Å². The minimum atomic E-state index is 0.409. The van der Waals surface area contributed by atoms with Gasteiger partial charge in [0.05, 0.1) is 20.3 Å². The summed E-state index contributed by atoms with van der Waals surface area (Å²) in [6.45, 7) is 12.1. The maximum atomic E-state index is 6.08. The van der Waals surface area contributed by atoms with E-state index in [1.165, 1.54) is 37.7 Å². The van der Waals surface area contributed by atoms with Gasteiger partial charge in [-0.25, -0.2) is 0 Å². The molecule has 0 amide bonds. The van der Waals surface area contributed by atoms with Gasteiger partial charge in [-0.15, -0.1) is 0 Å². The maximum absolute atomic E-state index is 6.08. The van der Waals surface area contributed by atoms with Gasteiger partial charge in [-0.1, -0.05) is 40.2 Å². The number of rotatable bonds is 11. The van der Waals surface area contributed by atoms with Gasteiger partial charge in [-0.3, -0.25) is 0 Å². The molecule has 0 radical (unpaired) electrons. The summed E-state index contributed by atoms with van der Waals surface area (Å²) in [5.74, 6) is 2.93. The van der Waals surface area contributed by atoms with E-state index < -0.39 is 0 Å². The van der Waals surface area contributed by atoms with Gasteiger partial charge in [-0.05, 0) is 67.2 Å². The quantitative estimate of drug-likeness (QED) is 0.510. The topological polar surface area (TPSA) is 39.7 Å². The highest BCUT2D eigenvalue weighted by atomic mass is 16.5. The Morgan fingerprint density at radius 3 is 2.50 bits per heavy atom. The predicted octanol–water partition coefficient (Wildman–Crippen LogP) is 5.44. The Morgan fingerprint density at radius 2 is 1.86 bits per heavy atom. The Labute approximate surface area is 172 Å². The summed E-state index contributed by atoms with van der Waals surface area (Å²) in [6, 6.07) is 6.14. The van der Waals surface area contributed by atoms with Gasteiger partial charge in [0.1, 0.15) is 0 Å². The molecule has 4 nitrogen and oxygen atoms in total. The van der Waals surface area contributed by atoms with Crippen LogP contribution in [0.5, 0.6) is 11.5 Å². The Hall–Kier alpha value is -1.26. The molecule has 0 saturated carbocycles. The van der Waals surface area contributed by atoms with Crippen molar-refractivity contribution in [1.29, 1.82) is 0 Å². The van der Waals surface area contributed by atoms with Crippen LogP contribution in [-0.2, 0) is 11.3 Å². The van der Waals surface area contributed by atoms with E-state index in [0.717, 1.165) is 37.1 Å². The zero-order valence-corrected chi connectivity index (χ0v) is 18.8. The van der Waals surface area contributed by atoms with Crippen LogP contribution in [0, 0.1) is 17.3 Å². The van der Waals surface area contributed by atoms with Crippen molar-refractivity contribution in [3.63, 3.8) is 0 Å². The highest BCUT2D eigenvalue weighted by molar-refractivity contribution is 5.42. The van der Waals surface area contributed by atoms with Crippen LogP contribution in [0.3, 0.4) is 0 Å². The molecular weight excluding hydrogens is 350 g/mol. The monoisotopic (exact) mass is 391 g/mol. The molecule has 1 aromatic rings. The Morgan fingerprint density at radius 1 is 1.11 bits per heavy atom. The van der Waals surface area contributed by atoms with E-state index >= 15 is 0 Å². The molecule has 160 valence electrons. The van der Waals surface area contributed by atoms with Crippen molar-refractivity contribution < 1.29 is 14.2 Å². The lowest BCUT2D eigenvalue weighted by Gasteiger charge is -2.43. The third-order valence-electron chi connectivity index (χ3n) is 6.20. The van der Waals surface area contributed by atoms with Crippen molar-refractivity contribution in [2.24, 2.45) is 17.3 Å². The van der Waals surface area contributed by atoms with Crippen molar-refractivity contribution in [3.05, 3.63) is 23.8 Å². The molecule has 1 N–H and O–H groups in total. The largest absolute Gasteiger partial charge is 0.493 e. The van der Waals surface area contributed by atoms with Crippen LogP contribution in [-0.4, -0.2) is 33.5 Å². The van der Waals surface area contributed by atoms with Crippen molar-refractivity contribution in [1.82, 2.24) is 5.32 Å². The fraction of sp³-hybridized carbons (Fsp3) is 0.750. The molecule has 1 heterocycles. The molecule has 0 spiro atoms. The summed E-state index contributed by atoms with van der Waals surface area (Å²) in [7, 11) is 3.36. The summed E-state index contributed by atoms with van der Waals surface area (Å²) in [4.78, 5) is 0. The summed E-state index contributed by atoms with van der Waals surface area (Å²) >= 11 is 0. The summed E-state index contributed by atoms with van der Waals surface area (Å²) in [5, 5.41) is 3.66. The van der Waals surface area contributed by atoms with E-state index in [0.29, 0.717) is 17.4 Å². The first-order valence-electron chi connectivity index (χ1n) is 10.9. The second-order valence-electron chi connectivity index (χ2n) is 9.16. The first-order valence-corrected chi connectivity index (χ1v) is 10.9. The van der Waals surface area contributed by atoms with E-state index in [-0.39, 0.29) is 0 Å². The smallest absolute Gasteiger partial charge is 0.161 e. The number of ether oxygens (including phenoxy) is 3. The average Bonchev–Trinajstić information content (AvgIpc) is 2.69. The molecule has 0 bridgehead atoms. The first-order chi connectivity index (χ1) is 13.4. The normalized spacial score (nSPS) is 22.6. The molecule has 1 fully saturated rings. The molecule has 0 aliphatic carbocycles. The summed E-state index contributed by atoms with van der Waals surface area (Å²) in [5.41, 5.74) is 1.64. The van der Waals surface area contributed by atoms with Gasteiger partial charge in [0.2, 0.25) is 0 Å². The van der Waals surface area contributed by atoms with E-state index in [1.807, 2.05) is 6.07 Å². The van der Waals surface area contributed by atoms with Gasteiger partial charge in [-0.2, -0.15) is 0 Å². The highest BCUT2D eigenvalue weighted by Gasteiger charge is 2.37. The Bertz CT molecular complexity index is 587. The van der Waals surface area contributed by atoms with Crippen molar-refractivity contribution in [3.8, 4) is 11.5 Å². The molecule has 28 heavy (non-hydrogen) atoms. The van der Waals surface area contributed by atoms with E-state index in [4.69, 9.17) is 14.2 Å². The van der Waals surface area contributed by atoms with Crippen LogP contribution in [0.15, 0.2) is 18.2 Å². The lowest BCUT2D eigenvalue weighted by Crippen LogP contribution is -2.39. The fourth-order valence-corrected chi connectivity index (χ4v) is 4.19. The van der Waals surface area contributed by atoms with Gasteiger partial charge >= 0.3 is 0 Å². The minimum absolute atomic E-state index is 0.409. The third kappa shape index (κ3) is 6.66. The molecule has 1 aliphatic rings. The van der Waals surface area contributed by atoms with Crippen LogP contribution >= 0.6 is 0 Å². The van der Waals surface area contributed by atoms with Gasteiger partial charge in [0, 0.05) is 13.2 Å². The van der Waals surface area contributed by atoms with E-state index in [9.17, 15) is 0 Å². The van der Waals surface area contributed by atoms with E-state index in [1.54, 1.807) is 14.2 Å². The van der Waals surface area contributed by atoms with Gasteiger partial charge in [0.25, 0.3) is 0 Å². The predicted molar refractivity (Wildman–Crippen MR) is 116 cm³/mol. The number of methoxy groups -OCH3 is 2. The first kappa shape index (κ1) is 23.0. The van der Waals surface area contributed by atoms with Crippen molar-refractivity contribution >= 4 is 0 Å². The fourth-order valence-electron chi connectivity index (χ4n) is 4.19. The average molecular weight is 392 g/mol. The second-order valence-corrected chi connectivity index (χ2v) is 9.16. The number of benzene rings is 1. The van der Waals surface area contributed by atoms with Crippen LogP contribution in [0.25, 0.3) is 0 Å². The molecule has 0 aromatic heterocycles. The molecule has 1 aromatic carbocycles. The Kier molecular flexibility index (Phi) is 9.10. The maximum Gasteiger partial charge on any atom is 0.161 e. The van der Waals surface area contributed by atoms with Crippen LogP contribution in [0.4, 0.5) is 0 Å². The third-order valence-corrected chi connectivity index (χ3v) is 6.20. The Balaban J connectivity index is 1.92. The van der Waals surface area contributed by atoms with Crippen LogP contribution < -0.4 is 14.8 Å². The number of hydrogen-bond donors (Lipinski definition) is 1. The van der Waals surface area contributed by atoms with Gasteiger partial charge < -0.3 is 19.5 Å². The number of hydrogen-bond acceptors (Lipinski definition) is 4. The lowest BCUT2D eigenvalue weighted by atomic mass is 9.69.